The van der Waals surface area contributed by atoms with E-state index < -0.39 is 18.4 Å². The van der Waals surface area contributed by atoms with Crippen molar-refractivity contribution in [1.82, 2.24) is 9.80 Å². The van der Waals surface area contributed by atoms with Gasteiger partial charge in [-0.15, -0.1) is 0 Å². The zero-order valence-corrected chi connectivity index (χ0v) is 13.1. The normalized spacial score (nSPS) is 12.9. The van der Waals surface area contributed by atoms with Crippen LogP contribution in [0.1, 0.15) is 0 Å². The molecule has 0 aromatic heterocycles. The molecular weight excluding hydrogens is 267 g/mol. The Labute approximate surface area is 88.2 Å². The molecule has 3 heteroatoms. The van der Waals surface area contributed by atoms with E-state index in [9.17, 15) is 0 Å². The second-order valence-corrected chi connectivity index (χ2v) is 20.5. The van der Waals surface area contributed by atoms with Gasteiger partial charge in [-0.05, 0) is 0 Å². The van der Waals surface area contributed by atoms with Crippen LogP contribution >= 0.6 is 0 Å². The van der Waals surface area contributed by atoms with Gasteiger partial charge in [-0.25, -0.2) is 0 Å². The molecule has 0 bridgehead atoms. The van der Waals surface area contributed by atoms with Crippen molar-refractivity contribution in [3.63, 3.8) is 0 Å². The Kier molecular flexibility index (Phi) is 6.59. The van der Waals surface area contributed by atoms with Crippen molar-refractivity contribution in [3.8, 4) is 0 Å². The molecule has 0 saturated carbocycles. The van der Waals surface area contributed by atoms with Crippen LogP contribution in [0.4, 0.5) is 0 Å². The molecule has 0 unspecified atom stereocenters. The minimum atomic E-state index is -1.63. The Morgan fingerprint density at radius 2 is 1.08 bits per heavy atom. The molecule has 13 heavy (non-hydrogen) atoms. The number of nitrogens with zero attached hydrogens (tertiary/aromatic N) is 2. The molecule has 0 spiro atoms. The van der Waals surface area contributed by atoms with Crippen LogP contribution in [0.2, 0.25) is 18.8 Å². The topological polar surface area (TPSA) is 6.48 Å². The Morgan fingerprint density at radius 1 is 0.769 bits per heavy atom. The maximum absolute atomic E-state index is 2.57. The first-order valence-corrected chi connectivity index (χ1v) is 14.9. The fraction of sp³-hybridized carbons (Fsp3) is 1.00. The quantitative estimate of drug-likeness (QED) is 0.689. The summed E-state index contributed by atoms with van der Waals surface area (Å²) in [6.07, 6.45) is 0. The molecule has 0 fully saturated rings. The van der Waals surface area contributed by atoms with Gasteiger partial charge < -0.3 is 0 Å². The summed E-state index contributed by atoms with van der Waals surface area (Å²) in [7, 11) is 8.70. The van der Waals surface area contributed by atoms with Gasteiger partial charge in [0.2, 0.25) is 0 Å². The summed E-state index contributed by atoms with van der Waals surface area (Å²) in [5.41, 5.74) is 0. The fourth-order valence-electron chi connectivity index (χ4n) is 1.18. The Hall–Kier alpha value is 0.719. The van der Waals surface area contributed by atoms with E-state index in [1.807, 2.05) is 0 Å². The zero-order valence-electron chi connectivity index (χ0n) is 10.2. The van der Waals surface area contributed by atoms with Crippen molar-refractivity contribution in [1.29, 1.82) is 0 Å². The second-order valence-electron chi connectivity index (χ2n) is 5.27. The third kappa shape index (κ3) is 9.03. The summed E-state index contributed by atoms with van der Waals surface area (Å²) in [5, 5.41) is 0. The van der Waals surface area contributed by atoms with Crippen molar-refractivity contribution >= 4 is 18.4 Å². The van der Waals surface area contributed by atoms with Gasteiger partial charge in [-0.1, -0.05) is 0 Å². The standard InChI is InChI=1S/2C4H10N.2CH3.Sn/c2*1-4-5(2)3;;;/h2*1,4H2,2-3H3;2*1H3;. The average Bonchev–Trinajstić information content (AvgIpc) is 1.98. The van der Waals surface area contributed by atoms with E-state index in [1.165, 1.54) is 22.0 Å². The molecule has 2 nitrogen and oxygen atoms in total. The van der Waals surface area contributed by atoms with Crippen LogP contribution in [0.15, 0.2) is 0 Å². The summed E-state index contributed by atoms with van der Waals surface area (Å²) in [6.45, 7) is 2.58. The van der Waals surface area contributed by atoms with E-state index in [-0.39, 0.29) is 0 Å². The first kappa shape index (κ1) is 13.7. The second kappa shape index (κ2) is 6.25. The van der Waals surface area contributed by atoms with E-state index in [0.717, 1.165) is 0 Å². The van der Waals surface area contributed by atoms with Crippen LogP contribution in [-0.2, 0) is 0 Å². The van der Waals surface area contributed by atoms with Gasteiger partial charge >= 0.3 is 88.2 Å². The van der Waals surface area contributed by atoms with E-state index in [1.54, 1.807) is 0 Å². The van der Waals surface area contributed by atoms with Crippen molar-refractivity contribution in [2.75, 3.05) is 41.3 Å². The Morgan fingerprint density at radius 3 is 1.31 bits per heavy atom. The van der Waals surface area contributed by atoms with Crippen LogP contribution in [0.5, 0.6) is 0 Å². The first-order chi connectivity index (χ1) is 5.83. The average molecular weight is 293 g/mol. The molecule has 0 aliphatic rings. The minimum absolute atomic E-state index is 1.29. The third-order valence-electron chi connectivity index (χ3n) is 2.47. The third-order valence-corrected chi connectivity index (χ3v) is 11.5. The van der Waals surface area contributed by atoms with Gasteiger partial charge in [0.05, 0.1) is 0 Å². The summed E-state index contributed by atoms with van der Waals surface area (Å²) in [5.74, 6) is 0. The molecule has 0 atom stereocenters. The van der Waals surface area contributed by atoms with E-state index >= 15 is 0 Å². The van der Waals surface area contributed by atoms with Crippen LogP contribution < -0.4 is 0 Å². The van der Waals surface area contributed by atoms with Gasteiger partial charge in [0, 0.05) is 0 Å². The summed E-state index contributed by atoms with van der Waals surface area (Å²) in [4.78, 5) is 9.77. The van der Waals surface area contributed by atoms with E-state index in [0.29, 0.717) is 0 Å². The molecule has 0 radical (unpaired) electrons. The van der Waals surface area contributed by atoms with Crippen molar-refractivity contribution in [2.45, 2.75) is 18.8 Å². The van der Waals surface area contributed by atoms with Crippen molar-refractivity contribution < 1.29 is 0 Å². The molecule has 0 amide bonds. The molecule has 0 aromatic carbocycles. The van der Waals surface area contributed by atoms with E-state index in [4.69, 9.17) is 0 Å². The van der Waals surface area contributed by atoms with Gasteiger partial charge in [-0.2, -0.15) is 0 Å². The molecule has 0 N–H and O–H groups in total. The van der Waals surface area contributed by atoms with Crippen LogP contribution in [0.25, 0.3) is 0 Å². The predicted molar refractivity (Wildman–Crippen MR) is 64.2 cm³/mol. The summed E-state index contributed by atoms with van der Waals surface area (Å²) < 4.78 is 2.99. The predicted octanol–water partition coefficient (Wildman–Crippen LogP) is 1.82. The van der Waals surface area contributed by atoms with Crippen LogP contribution in [0, 0.1) is 0 Å². The Balaban J connectivity index is 3.66. The monoisotopic (exact) mass is 294 g/mol. The van der Waals surface area contributed by atoms with Gasteiger partial charge in [0.1, 0.15) is 0 Å². The molecule has 0 aromatic rings. The fourth-order valence-corrected chi connectivity index (χ4v) is 7.90. The molecule has 0 aliphatic carbocycles. The molecule has 0 aliphatic heterocycles. The number of hydrogen-bond acceptors (Lipinski definition) is 2. The van der Waals surface area contributed by atoms with Crippen LogP contribution in [0.3, 0.4) is 0 Å². The summed E-state index contributed by atoms with van der Waals surface area (Å²) in [6, 6.07) is 0. The maximum atomic E-state index is 2.57. The molecule has 0 heterocycles. The van der Waals surface area contributed by atoms with E-state index in [2.05, 4.69) is 47.9 Å². The molecule has 80 valence electrons. The number of rotatable bonds is 6. The van der Waals surface area contributed by atoms with Crippen LogP contribution in [-0.4, -0.2) is 69.5 Å². The molecular formula is C10H26N2Sn. The SMILES string of the molecule is CN(C)C[CH2][Sn]([CH3])([CH3])[CH2]CN(C)C. The number of hydrogen-bond donors (Lipinski definition) is 0. The van der Waals surface area contributed by atoms with Crippen molar-refractivity contribution in [2.24, 2.45) is 0 Å². The molecule has 0 saturated heterocycles. The molecule has 0 rings (SSSR count). The van der Waals surface area contributed by atoms with Gasteiger partial charge in [-0.3, -0.25) is 0 Å². The summed E-state index contributed by atoms with van der Waals surface area (Å²) >= 11 is -1.63. The van der Waals surface area contributed by atoms with Crippen molar-refractivity contribution in [3.05, 3.63) is 0 Å². The Bertz CT molecular complexity index is 119. The zero-order chi connectivity index (χ0) is 10.5. The van der Waals surface area contributed by atoms with Gasteiger partial charge in [0.15, 0.2) is 0 Å². The van der Waals surface area contributed by atoms with Gasteiger partial charge in [0.25, 0.3) is 0 Å². The first-order valence-electron chi connectivity index (χ1n) is 5.13.